The molecule has 0 aromatic heterocycles. The van der Waals surface area contributed by atoms with E-state index < -0.39 is 0 Å². The molecule has 84 valence electrons. The molecule has 2 N–H and O–H groups in total. The lowest BCUT2D eigenvalue weighted by atomic mass is 10.2. The zero-order valence-corrected chi connectivity index (χ0v) is 9.59. The summed E-state index contributed by atoms with van der Waals surface area (Å²) in [6.07, 6.45) is 1.03. The number of ether oxygens (including phenoxy) is 1. The van der Waals surface area contributed by atoms with Crippen LogP contribution in [0.2, 0.25) is 0 Å². The average Bonchev–Trinajstić information content (AvgIpc) is 2.14. The summed E-state index contributed by atoms with van der Waals surface area (Å²) in [4.78, 5) is 11.3. The van der Waals surface area contributed by atoms with Crippen LogP contribution in [0.5, 0.6) is 0 Å². The van der Waals surface area contributed by atoms with Crippen LogP contribution in [-0.2, 0) is 9.53 Å². The van der Waals surface area contributed by atoms with Crippen LogP contribution in [0.15, 0.2) is 0 Å². The molecule has 0 radical (unpaired) electrons. The molecule has 0 heterocycles. The molecule has 0 rings (SSSR count). The Morgan fingerprint density at radius 3 is 2.50 bits per heavy atom. The van der Waals surface area contributed by atoms with Gasteiger partial charge < -0.3 is 15.4 Å². The van der Waals surface area contributed by atoms with Crippen LogP contribution >= 0.6 is 0 Å². The number of amides is 1. The fraction of sp³-hybridized carbons (Fsp3) is 0.900. The normalized spacial score (nSPS) is 14.9. The Morgan fingerprint density at radius 1 is 1.36 bits per heavy atom. The molecule has 0 aliphatic rings. The number of carbonyl (C=O) groups excluding carboxylic acids is 1. The van der Waals surface area contributed by atoms with E-state index in [1.807, 2.05) is 6.92 Å². The smallest absolute Gasteiger partial charge is 0.234 e. The topological polar surface area (TPSA) is 50.4 Å². The van der Waals surface area contributed by atoms with Crippen molar-refractivity contribution < 1.29 is 9.53 Å². The molecule has 0 fully saturated rings. The van der Waals surface area contributed by atoms with Crippen molar-refractivity contribution in [1.29, 1.82) is 0 Å². The maximum Gasteiger partial charge on any atom is 0.234 e. The highest BCUT2D eigenvalue weighted by Crippen LogP contribution is 1.87. The SMILES string of the molecule is CCC(C)NCC(=O)NC(C)COC. The summed E-state index contributed by atoms with van der Waals surface area (Å²) >= 11 is 0. The second kappa shape index (κ2) is 7.76. The van der Waals surface area contributed by atoms with Crippen LogP contribution in [0.3, 0.4) is 0 Å². The van der Waals surface area contributed by atoms with Crippen molar-refractivity contribution in [3.63, 3.8) is 0 Å². The predicted octanol–water partition coefficient (Wildman–Crippen LogP) is 0.526. The van der Waals surface area contributed by atoms with Gasteiger partial charge in [0.05, 0.1) is 13.2 Å². The fourth-order valence-electron chi connectivity index (χ4n) is 1.03. The number of hydrogen-bond acceptors (Lipinski definition) is 3. The zero-order valence-electron chi connectivity index (χ0n) is 9.59. The second-order valence-corrected chi connectivity index (χ2v) is 3.61. The number of methoxy groups -OCH3 is 1. The van der Waals surface area contributed by atoms with Crippen LogP contribution in [0.1, 0.15) is 27.2 Å². The lowest BCUT2D eigenvalue weighted by molar-refractivity contribution is -0.121. The van der Waals surface area contributed by atoms with Crippen molar-refractivity contribution in [3.8, 4) is 0 Å². The molecule has 0 spiro atoms. The Labute approximate surface area is 86.4 Å². The maximum atomic E-state index is 11.3. The lowest BCUT2D eigenvalue weighted by Gasteiger charge is -2.15. The standard InChI is InChI=1S/C10H22N2O2/c1-5-8(2)11-6-10(13)12-9(3)7-14-4/h8-9,11H,5-7H2,1-4H3,(H,12,13). The second-order valence-electron chi connectivity index (χ2n) is 3.61. The van der Waals surface area contributed by atoms with E-state index in [1.54, 1.807) is 7.11 Å². The highest BCUT2D eigenvalue weighted by atomic mass is 16.5. The number of hydrogen-bond donors (Lipinski definition) is 2. The van der Waals surface area contributed by atoms with Crippen molar-refractivity contribution in [2.75, 3.05) is 20.3 Å². The van der Waals surface area contributed by atoms with Crippen LogP contribution in [0, 0.1) is 0 Å². The summed E-state index contributed by atoms with van der Waals surface area (Å²) in [5, 5.41) is 5.96. The zero-order chi connectivity index (χ0) is 11.0. The molecule has 2 atom stereocenters. The van der Waals surface area contributed by atoms with E-state index in [-0.39, 0.29) is 11.9 Å². The third kappa shape index (κ3) is 6.86. The summed E-state index contributed by atoms with van der Waals surface area (Å²) in [5.74, 6) is 0.0230. The van der Waals surface area contributed by atoms with Gasteiger partial charge in [0.15, 0.2) is 0 Å². The maximum absolute atomic E-state index is 11.3. The molecule has 0 aliphatic carbocycles. The van der Waals surface area contributed by atoms with Gasteiger partial charge in [0.2, 0.25) is 5.91 Å². The molecule has 0 bridgehead atoms. The Morgan fingerprint density at radius 2 is 2.00 bits per heavy atom. The van der Waals surface area contributed by atoms with Gasteiger partial charge in [0.1, 0.15) is 0 Å². The van der Waals surface area contributed by atoms with Crippen molar-refractivity contribution in [1.82, 2.24) is 10.6 Å². The summed E-state index contributed by atoms with van der Waals surface area (Å²) in [6.45, 7) is 7.00. The molecule has 0 aliphatic heterocycles. The van der Waals surface area contributed by atoms with Gasteiger partial charge >= 0.3 is 0 Å². The molecular formula is C10H22N2O2. The van der Waals surface area contributed by atoms with E-state index in [2.05, 4.69) is 24.5 Å². The van der Waals surface area contributed by atoms with E-state index in [1.165, 1.54) is 0 Å². The van der Waals surface area contributed by atoms with Gasteiger partial charge in [-0.3, -0.25) is 4.79 Å². The van der Waals surface area contributed by atoms with Gasteiger partial charge in [-0.05, 0) is 20.3 Å². The van der Waals surface area contributed by atoms with Gasteiger partial charge in [-0.25, -0.2) is 0 Å². The molecular weight excluding hydrogens is 180 g/mol. The monoisotopic (exact) mass is 202 g/mol. The van der Waals surface area contributed by atoms with Gasteiger partial charge in [0.25, 0.3) is 0 Å². The van der Waals surface area contributed by atoms with E-state index in [0.29, 0.717) is 19.2 Å². The molecule has 0 aromatic carbocycles. The Kier molecular flexibility index (Phi) is 7.42. The minimum absolute atomic E-state index is 0.0230. The lowest BCUT2D eigenvalue weighted by Crippen LogP contribution is -2.42. The van der Waals surface area contributed by atoms with Crippen LogP contribution in [-0.4, -0.2) is 38.3 Å². The number of nitrogens with one attached hydrogen (secondary N) is 2. The fourth-order valence-corrected chi connectivity index (χ4v) is 1.03. The average molecular weight is 202 g/mol. The Bertz CT molecular complexity index is 162. The largest absolute Gasteiger partial charge is 0.383 e. The summed E-state index contributed by atoms with van der Waals surface area (Å²) in [6, 6.07) is 0.463. The molecule has 4 heteroatoms. The third-order valence-electron chi connectivity index (χ3n) is 2.05. The molecule has 1 amide bonds. The molecule has 0 aromatic rings. The van der Waals surface area contributed by atoms with E-state index in [4.69, 9.17) is 4.74 Å². The summed E-state index contributed by atoms with van der Waals surface area (Å²) < 4.78 is 4.92. The van der Waals surface area contributed by atoms with Gasteiger partial charge in [-0.1, -0.05) is 6.92 Å². The number of rotatable bonds is 7. The molecule has 14 heavy (non-hydrogen) atoms. The highest BCUT2D eigenvalue weighted by Gasteiger charge is 2.07. The van der Waals surface area contributed by atoms with E-state index >= 15 is 0 Å². The Hall–Kier alpha value is -0.610. The van der Waals surface area contributed by atoms with Crippen molar-refractivity contribution >= 4 is 5.91 Å². The Balaban J connectivity index is 3.54. The van der Waals surface area contributed by atoms with E-state index in [9.17, 15) is 4.79 Å². The molecule has 0 saturated carbocycles. The highest BCUT2D eigenvalue weighted by molar-refractivity contribution is 5.78. The predicted molar refractivity (Wildman–Crippen MR) is 57.2 cm³/mol. The molecule has 2 unspecified atom stereocenters. The minimum Gasteiger partial charge on any atom is -0.383 e. The van der Waals surface area contributed by atoms with Gasteiger partial charge in [0, 0.05) is 19.2 Å². The molecule has 4 nitrogen and oxygen atoms in total. The third-order valence-corrected chi connectivity index (χ3v) is 2.05. The van der Waals surface area contributed by atoms with Crippen molar-refractivity contribution in [2.24, 2.45) is 0 Å². The van der Waals surface area contributed by atoms with Crippen LogP contribution in [0.4, 0.5) is 0 Å². The first-order valence-electron chi connectivity index (χ1n) is 5.11. The van der Waals surface area contributed by atoms with Crippen LogP contribution in [0.25, 0.3) is 0 Å². The minimum atomic E-state index is 0.0230. The number of carbonyl (C=O) groups is 1. The van der Waals surface area contributed by atoms with Crippen molar-refractivity contribution in [3.05, 3.63) is 0 Å². The van der Waals surface area contributed by atoms with Gasteiger partial charge in [-0.15, -0.1) is 0 Å². The quantitative estimate of drug-likeness (QED) is 0.633. The summed E-state index contributed by atoms with van der Waals surface area (Å²) in [7, 11) is 1.63. The first-order chi connectivity index (χ1) is 6.60. The first-order valence-corrected chi connectivity index (χ1v) is 5.11. The van der Waals surface area contributed by atoms with Gasteiger partial charge in [-0.2, -0.15) is 0 Å². The molecule has 0 saturated heterocycles. The van der Waals surface area contributed by atoms with Crippen molar-refractivity contribution in [2.45, 2.75) is 39.3 Å². The summed E-state index contributed by atoms with van der Waals surface area (Å²) in [5.41, 5.74) is 0. The first kappa shape index (κ1) is 13.4. The van der Waals surface area contributed by atoms with Crippen LogP contribution < -0.4 is 10.6 Å². The van der Waals surface area contributed by atoms with E-state index in [0.717, 1.165) is 6.42 Å².